The number of benzene rings is 2. The van der Waals surface area contributed by atoms with Crippen molar-refractivity contribution >= 4 is 21.7 Å². The Bertz CT molecular complexity index is 848. The molecule has 0 aliphatic carbocycles. The monoisotopic (exact) mass is 331 g/mol. The van der Waals surface area contributed by atoms with Gasteiger partial charge in [-0.3, -0.25) is 9.35 Å². The number of anilines is 1. The molecule has 2 aromatic rings. The lowest BCUT2D eigenvalue weighted by molar-refractivity contribution is -0.122. The maximum atomic E-state index is 12.9. The van der Waals surface area contributed by atoms with Gasteiger partial charge in [-0.25, -0.2) is 0 Å². The molecule has 1 unspecified atom stereocenters. The molecular weight excluding hydrogens is 314 g/mol. The first kappa shape index (κ1) is 15.7. The molecule has 0 saturated carbocycles. The van der Waals surface area contributed by atoms with E-state index in [-0.39, 0.29) is 5.91 Å². The zero-order valence-electron chi connectivity index (χ0n) is 12.6. The second-order valence-corrected chi connectivity index (χ2v) is 7.40. The number of hydrogen-bond donors (Lipinski definition) is 1. The summed E-state index contributed by atoms with van der Waals surface area (Å²) in [5, 5.41) is 0. The van der Waals surface area contributed by atoms with Gasteiger partial charge in [0.05, 0.1) is 17.7 Å². The molecule has 1 aliphatic rings. The van der Waals surface area contributed by atoms with Crippen molar-refractivity contribution in [3.8, 4) is 0 Å². The Morgan fingerprint density at radius 3 is 2.30 bits per heavy atom. The highest BCUT2D eigenvalue weighted by atomic mass is 32.2. The molecule has 23 heavy (non-hydrogen) atoms. The van der Waals surface area contributed by atoms with Crippen molar-refractivity contribution in [2.75, 3.05) is 10.7 Å². The second kappa shape index (κ2) is 5.47. The summed E-state index contributed by atoms with van der Waals surface area (Å²) < 4.78 is 32.1. The van der Waals surface area contributed by atoms with Gasteiger partial charge < -0.3 is 4.90 Å². The van der Waals surface area contributed by atoms with E-state index in [4.69, 9.17) is 0 Å². The zero-order valence-corrected chi connectivity index (χ0v) is 13.5. The number of rotatable bonds is 4. The van der Waals surface area contributed by atoms with Crippen molar-refractivity contribution in [1.29, 1.82) is 0 Å². The van der Waals surface area contributed by atoms with Crippen molar-refractivity contribution < 1.29 is 17.8 Å². The van der Waals surface area contributed by atoms with Crippen LogP contribution in [0.5, 0.6) is 0 Å². The first-order valence-electron chi connectivity index (χ1n) is 7.22. The standard InChI is InChI=1S/C17H17NO4S/c1-17(12-23(20,21)22)14-9-5-6-10-15(14)18(16(17)19)11-13-7-3-2-4-8-13/h2-10H,11-12H2,1H3,(H,20,21,22). The van der Waals surface area contributed by atoms with Crippen molar-refractivity contribution in [2.45, 2.75) is 18.9 Å². The topological polar surface area (TPSA) is 74.7 Å². The summed E-state index contributed by atoms with van der Waals surface area (Å²) in [6.45, 7) is 1.92. The van der Waals surface area contributed by atoms with E-state index >= 15 is 0 Å². The molecule has 1 amide bonds. The van der Waals surface area contributed by atoms with Gasteiger partial charge in [-0.05, 0) is 24.1 Å². The van der Waals surface area contributed by atoms with Gasteiger partial charge in [0, 0.05) is 5.69 Å². The van der Waals surface area contributed by atoms with E-state index in [1.165, 1.54) is 0 Å². The summed E-state index contributed by atoms with van der Waals surface area (Å²) in [6, 6.07) is 16.6. The van der Waals surface area contributed by atoms with Gasteiger partial charge in [-0.1, -0.05) is 48.5 Å². The molecule has 0 fully saturated rings. The largest absolute Gasteiger partial charge is 0.307 e. The fraction of sp³-hybridized carbons (Fsp3) is 0.235. The highest BCUT2D eigenvalue weighted by molar-refractivity contribution is 7.85. The maximum absolute atomic E-state index is 12.9. The van der Waals surface area contributed by atoms with Crippen LogP contribution in [0.1, 0.15) is 18.1 Å². The van der Waals surface area contributed by atoms with Crippen LogP contribution in [-0.2, 0) is 26.9 Å². The zero-order chi connectivity index (χ0) is 16.7. The molecule has 5 nitrogen and oxygen atoms in total. The SMILES string of the molecule is CC1(CS(=O)(=O)O)C(=O)N(Cc2ccccc2)c2ccccc21. The lowest BCUT2D eigenvalue weighted by atomic mass is 9.86. The van der Waals surface area contributed by atoms with E-state index in [0.717, 1.165) is 5.56 Å². The molecule has 1 N–H and O–H groups in total. The minimum Gasteiger partial charge on any atom is -0.307 e. The Labute approximate surface area is 135 Å². The van der Waals surface area contributed by atoms with Crippen LogP contribution in [0.25, 0.3) is 0 Å². The number of carbonyl (C=O) groups excluding carboxylic acids is 1. The Morgan fingerprint density at radius 2 is 1.65 bits per heavy atom. The van der Waals surface area contributed by atoms with Gasteiger partial charge in [0.25, 0.3) is 10.1 Å². The molecule has 1 aliphatic heterocycles. The van der Waals surface area contributed by atoms with Gasteiger partial charge >= 0.3 is 0 Å². The molecule has 1 atom stereocenters. The van der Waals surface area contributed by atoms with Crippen LogP contribution in [0, 0.1) is 0 Å². The minimum atomic E-state index is -4.29. The predicted molar refractivity (Wildman–Crippen MR) is 87.8 cm³/mol. The first-order valence-corrected chi connectivity index (χ1v) is 8.83. The molecule has 0 saturated heterocycles. The van der Waals surface area contributed by atoms with Crippen LogP contribution in [0.3, 0.4) is 0 Å². The van der Waals surface area contributed by atoms with Crippen molar-refractivity contribution in [3.05, 3.63) is 65.7 Å². The van der Waals surface area contributed by atoms with Crippen molar-refractivity contribution in [2.24, 2.45) is 0 Å². The molecule has 6 heteroatoms. The average Bonchev–Trinajstić information content (AvgIpc) is 2.69. The summed E-state index contributed by atoms with van der Waals surface area (Å²) in [4.78, 5) is 14.5. The third-order valence-electron chi connectivity index (χ3n) is 4.16. The summed E-state index contributed by atoms with van der Waals surface area (Å²) >= 11 is 0. The Kier molecular flexibility index (Phi) is 3.74. The van der Waals surface area contributed by atoms with Gasteiger partial charge in [0.2, 0.25) is 5.91 Å². The van der Waals surface area contributed by atoms with E-state index < -0.39 is 21.3 Å². The number of hydrogen-bond acceptors (Lipinski definition) is 3. The van der Waals surface area contributed by atoms with E-state index in [1.807, 2.05) is 36.4 Å². The molecule has 3 rings (SSSR count). The smallest absolute Gasteiger partial charge is 0.266 e. The lowest BCUT2D eigenvalue weighted by Crippen LogP contribution is -2.42. The van der Waals surface area contributed by atoms with Gasteiger partial charge in [0.15, 0.2) is 0 Å². The lowest BCUT2D eigenvalue weighted by Gasteiger charge is -2.23. The number of nitrogens with zero attached hydrogens (tertiary/aromatic N) is 1. The number of carbonyl (C=O) groups is 1. The summed E-state index contributed by atoms with van der Waals surface area (Å²) in [6.07, 6.45) is 0. The fourth-order valence-electron chi connectivity index (χ4n) is 3.13. The van der Waals surface area contributed by atoms with E-state index in [2.05, 4.69) is 0 Å². The molecule has 0 aromatic heterocycles. The Hall–Kier alpha value is -2.18. The van der Waals surface area contributed by atoms with Crippen molar-refractivity contribution in [1.82, 2.24) is 0 Å². The van der Waals surface area contributed by atoms with Gasteiger partial charge in [0.1, 0.15) is 0 Å². The van der Waals surface area contributed by atoms with Crippen molar-refractivity contribution in [3.63, 3.8) is 0 Å². The molecule has 0 spiro atoms. The molecule has 0 radical (unpaired) electrons. The molecule has 1 heterocycles. The Morgan fingerprint density at radius 1 is 1.04 bits per heavy atom. The van der Waals surface area contributed by atoms with Gasteiger partial charge in [-0.15, -0.1) is 0 Å². The summed E-state index contributed by atoms with van der Waals surface area (Å²) in [5.41, 5.74) is 0.983. The fourth-order valence-corrected chi connectivity index (χ4v) is 4.13. The summed E-state index contributed by atoms with van der Waals surface area (Å²) in [5.74, 6) is -0.943. The number of fused-ring (bicyclic) bond motifs is 1. The number of para-hydroxylation sites is 1. The highest BCUT2D eigenvalue weighted by Gasteiger charge is 2.49. The summed E-state index contributed by atoms with van der Waals surface area (Å²) in [7, 11) is -4.29. The molecule has 2 aromatic carbocycles. The third kappa shape index (κ3) is 2.87. The molecule has 0 bridgehead atoms. The Balaban J connectivity index is 2.05. The highest BCUT2D eigenvalue weighted by Crippen LogP contribution is 2.43. The van der Waals surface area contributed by atoms with Crippen LogP contribution >= 0.6 is 0 Å². The minimum absolute atomic E-state index is 0.319. The van der Waals surface area contributed by atoms with Gasteiger partial charge in [-0.2, -0.15) is 8.42 Å². The van der Waals surface area contributed by atoms with Crippen LogP contribution in [-0.4, -0.2) is 24.6 Å². The normalized spacial score (nSPS) is 20.6. The van der Waals surface area contributed by atoms with Crippen LogP contribution in [0.15, 0.2) is 54.6 Å². The van der Waals surface area contributed by atoms with E-state index in [1.54, 1.807) is 30.0 Å². The quantitative estimate of drug-likeness (QED) is 0.873. The molecular formula is C17H17NO4S. The predicted octanol–water partition coefficient (Wildman–Crippen LogP) is 2.38. The van der Waals surface area contributed by atoms with Crippen LogP contribution in [0.2, 0.25) is 0 Å². The van der Waals surface area contributed by atoms with Crippen LogP contribution < -0.4 is 4.90 Å². The van der Waals surface area contributed by atoms with Crippen LogP contribution in [0.4, 0.5) is 5.69 Å². The molecule has 120 valence electrons. The van der Waals surface area contributed by atoms with E-state index in [0.29, 0.717) is 17.8 Å². The number of amides is 1. The third-order valence-corrected chi connectivity index (χ3v) is 5.10. The maximum Gasteiger partial charge on any atom is 0.266 e. The van der Waals surface area contributed by atoms with E-state index in [9.17, 15) is 17.8 Å². The first-order chi connectivity index (χ1) is 10.8. The second-order valence-electron chi connectivity index (χ2n) is 5.95. The average molecular weight is 331 g/mol.